The molecule has 2 amide bonds. The molecule has 0 aliphatic carbocycles. The molecule has 0 radical (unpaired) electrons. The lowest BCUT2D eigenvalue weighted by molar-refractivity contribution is 0.0167. The zero-order valence-electron chi connectivity index (χ0n) is 14.7. The molecule has 25 heavy (non-hydrogen) atoms. The van der Waals surface area contributed by atoms with Gasteiger partial charge in [-0.2, -0.15) is 0 Å². The van der Waals surface area contributed by atoms with Gasteiger partial charge in [0.1, 0.15) is 0 Å². The van der Waals surface area contributed by atoms with E-state index in [-0.39, 0.29) is 18.9 Å². The Balaban J connectivity index is 1.29. The minimum absolute atomic E-state index is 0.100. The number of benzene rings is 1. The van der Waals surface area contributed by atoms with Crippen LogP contribution in [-0.2, 0) is 16.0 Å². The molecule has 7 heteroatoms. The lowest BCUT2D eigenvalue weighted by Gasteiger charge is -2.18. The Morgan fingerprint density at radius 2 is 2.24 bits per heavy atom. The Bertz CT molecular complexity index is 575. The second kappa shape index (κ2) is 8.92. The fraction of sp³-hybridized carbons (Fsp3) is 0.611. The summed E-state index contributed by atoms with van der Waals surface area (Å²) in [5.74, 6) is 1.48. The van der Waals surface area contributed by atoms with Gasteiger partial charge in [-0.15, -0.1) is 0 Å². The highest BCUT2D eigenvalue weighted by Gasteiger charge is 2.16. The lowest BCUT2D eigenvalue weighted by Crippen LogP contribution is -2.37. The predicted molar refractivity (Wildman–Crippen MR) is 91.8 cm³/mol. The van der Waals surface area contributed by atoms with Crippen LogP contribution in [0.2, 0.25) is 0 Å². The number of carbonyl (C=O) groups is 1. The highest BCUT2D eigenvalue weighted by Crippen LogP contribution is 2.32. The van der Waals surface area contributed by atoms with Gasteiger partial charge in [0.15, 0.2) is 11.5 Å². The zero-order valence-corrected chi connectivity index (χ0v) is 14.7. The quantitative estimate of drug-likeness (QED) is 0.728. The van der Waals surface area contributed by atoms with Gasteiger partial charge in [-0.05, 0) is 37.0 Å². The molecule has 1 aromatic carbocycles. The number of hydrogen-bond donors (Lipinski definition) is 1. The number of hydrogen-bond acceptors (Lipinski definition) is 5. The van der Waals surface area contributed by atoms with Crippen LogP contribution in [-0.4, -0.2) is 57.2 Å². The molecule has 2 heterocycles. The topological polar surface area (TPSA) is 69.3 Å². The van der Waals surface area contributed by atoms with Crippen molar-refractivity contribution < 1.29 is 23.7 Å². The zero-order chi connectivity index (χ0) is 17.5. The van der Waals surface area contributed by atoms with Crippen molar-refractivity contribution in [2.75, 3.05) is 40.2 Å². The molecular formula is C18H26N2O5. The number of nitrogens with zero attached hydrogens (tertiary/aromatic N) is 1. The minimum Gasteiger partial charge on any atom is -0.454 e. The van der Waals surface area contributed by atoms with Gasteiger partial charge in [0.05, 0.1) is 12.7 Å². The average Bonchev–Trinajstić information content (AvgIpc) is 3.28. The predicted octanol–water partition coefficient (Wildman–Crippen LogP) is 2.14. The first kappa shape index (κ1) is 17.8. The second-order valence-electron chi connectivity index (χ2n) is 6.34. The van der Waals surface area contributed by atoms with Gasteiger partial charge < -0.3 is 29.2 Å². The monoisotopic (exact) mass is 350 g/mol. The molecule has 1 atom stereocenters. The van der Waals surface area contributed by atoms with Gasteiger partial charge >= 0.3 is 6.03 Å². The van der Waals surface area contributed by atoms with Crippen molar-refractivity contribution in [1.82, 2.24) is 10.2 Å². The van der Waals surface area contributed by atoms with E-state index in [9.17, 15) is 4.79 Å². The number of amides is 2. The number of urea groups is 1. The maximum absolute atomic E-state index is 12.1. The third kappa shape index (κ3) is 5.24. The molecule has 7 nitrogen and oxygen atoms in total. The SMILES string of the molecule is CN(Cc1ccc2c(c1)OCO2)C(=O)NCCCOCC1CCCO1. The molecule has 1 N–H and O–H groups in total. The van der Waals surface area contributed by atoms with Crippen molar-refractivity contribution in [3.8, 4) is 11.5 Å². The Kier molecular flexibility index (Phi) is 6.36. The lowest BCUT2D eigenvalue weighted by atomic mass is 10.2. The van der Waals surface area contributed by atoms with Crippen LogP contribution >= 0.6 is 0 Å². The number of ether oxygens (including phenoxy) is 4. The number of fused-ring (bicyclic) bond motifs is 1. The summed E-state index contributed by atoms with van der Waals surface area (Å²) in [6.07, 6.45) is 3.25. The van der Waals surface area contributed by atoms with E-state index in [4.69, 9.17) is 18.9 Å². The van der Waals surface area contributed by atoms with E-state index in [2.05, 4.69) is 5.32 Å². The average molecular weight is 350 g/mol. The van der Waals surface area contributed by atoms with E-state index in [0.717, 1.165) is 42.9 Å². The van der Waals surface area contributed by atoms with Crippen LogP contribution in [0.1, 0.15) is 24.8 Å². The second-order valence-corrected chi connectivity index (χ2v) is 6.34. The maximum atomic E-state index is 12.1. The molecule has 0 saturated carbocycles. The van der Waals surface area contributed by atoms with E-state index in [0.29, 0.717) is 26.3 Å². The molecule has 3 rings (SSSR count). The first-order valence-corrected chi connectivity index (χ1v) is 8.79. The van der Waals surface area contributed by atoms with Crippen LogP contribution in [0.4, 0.5) is 4.79 Å². The Morgan fingerprint density at radius 1 is 1.36 bits per heavy atom. The third-order valence-corrected chi connectivity index (χ3v) is 4.27. The molecule has 2 aliphatic heterocycles. The van der Waals surface area contributed by atoms with Crippen molar-refractivity contribution in [3.05, 3.63) is 23.8 Å². The Hall–Kier alpha value is -1.99. The molecule has 0 bridgehead atoms. The van der Waals surface area contributed by atoms with Crippen LogP contribution in [0.5, 0.6) is 11.5 Å². The van der Waals surface area contributed by atoms with Crippen LogP contribution in [0.25, 0.3) is 0 Å². The summed E-state index contributed by atoms with van der Waals surface area (Å²) in [5.41, 5.74) is 1.00. The van der Waals surface area contributed by atoms with Crippen molar-refractivity contribution in [2.45, 2.75) is 31.9 Å². The molecule has 1 saturated heterocycles. The highest BCUT2D eigenvalue weighted by molar-refractivity contribution is 5.73. The van der Waals surface area contributed by atoms with Gasteiger partial charge in [0.25, 0.3) is 0 Å². The van der Waals surface area contributed by atoms with Crippen LogP contribution in [0.3, 0.4) is 0 Å². The number of nitrogens with one attached hydrogen (secondary N) is 1. The smallest absolute Gasteiger partial charge is 0.317 e. The fourth-order valence-corrected chi connectivity index (χ4v) is 2.88. The molecular weight excluding hydrogens is 324 g/mol. The first-order chi connectivity index (χ1) is 12.2. The summed E-state index contributed by atoms with van der Waals surface area (Å²) >= 11 is 0. The van der Waals surface area contributed by atoms with E-state index in [1.54, 1.807) is 11.9 Å². The van der Waals surface area contributed by atoms with E-state index in [1.807, 2.05) is 18.2 Å². The molecule has 0 spiro atoms. The van der Waals surface area contributed by atoms with E-state index < -0.39 is 0 Å². The van der Waals surface area contributed by atoms with E-state index in [1.165, 1.54) is 0 Å². The fourth-order valence-electron chi connectivity index (χ4n) is 2.88. The first-order valence-electron chi connectivity index (χ1n) is 8.79. The van der Waals surface area contributed by atoms with Crippen LogP contribution in [0, 0.1) is 0 Å². The molecule has 1 aromatic rings. The summed E-state index contributed by atoms with van der Waals surface area (Å²) in [6, 6.07) is 5.62. The Morgan fingerprint density at radius 3 is 3.08 bits per heavy atom. The molecule has 0 aromatic heterocycles. The van der Waals surface area contributed by atoms with Crippen molar-refractivity contribution in [3.63, 3.8) is 0 Å². The number of rotatable bonds is 8. The van der Waals surface area contributed by atoms with Gasteiger partial charge in [-0.3, -0.25) is 0 Å². The summed E-state index contributed by atoms with van der Waals surface area (Å²) < 4.78 is 21.7. The molecule has 2 aliphatic rings. The maximum Gasteiger partial charge on any atom is 0.317 e. The standard InChI is InChI=1S/C18H26N2O5/c1-20(11-14-5-6-16-17(10-14)25-13-24-16)18(21)19-7-3-8-22-12-15-4-2-9-23-15/h5-6,10,15H,2-4,7-9,11-13H2,1H3,(H,19,21). The van der Waals surface area contributed by atoms with Gasteiger partial charge in [-0.25, -0.2) is 4.79 Å². The van der Waals surface area contributed by atoms with E-state index >= 15 is 0 Å². The molecule has 138 valence electrons. The summed E-state index contributed by atoms with van der Waals surface area (Å²) in [4.78, 5) is 13.8. The summed E-state index contributed by atoms with van der Waals surface area (Å²) in [5, 5.41) is 2.90. The van der Waals surface area contributed by atoms with Gasteiger partial charge in [0, 0.05) is 33.4 Å². The van der Waals surface area contributed by atoms with Crippen LogP contribution < -0.4 is 14.8 Å². The minimum atomic E-state index is -0.100. The largest absolute Gasteiger partial charge is 0.454 e. The Labute approximate surface area is 148 Å². The van der Waals surface area contributed by atoms with Crippen molar-refractivity contribution in [2.24, 2.45) is 0 Å². The van der Waals surface area contributed by atoms with Crippen molar-refractivity contribution >= 4 is 6.03 Å². The number of carbonyl (C=O) groups excluding carboxylic acids is 1. The summed E-state index contributed by atoms with van der Waals surface area (Å²) in [6.45, 7) is 3.49. The third-order valence-electron chi connectivity index (χ3n) is 4.27. The molecule has 1 fully saturated rings. The molecule has 1 unspecified atom stereocenters. The normalized spacial score (nSPS) is 18.4. The van der Waals surface area contributed by atoms with Crippen LogP contribution in [0.15, 0.2) is 18.2 Å². The van der Waals surface area contributed by atoms with Gasteiger partial charge in [-0.1, -0.05) is 6.07 Å². The highest BCUT2D eigenvalue weighted by atomic mass is 16.7. The van der Waals surface area contributed by atoms with Crippen molar-refractivity contribution in [1.29, 1.82) is 0 Å². The van der Waals surface area contributed by atoms with Gasteiger partial charge in [0.2, 0.25) is 6.79 Å². The summed E-state index contributed by atoms with van der Waals surface area (Å²) in [7, 11) is 1.77.